The minimum absolute atomic E-state index is 0.109. The molecule has 0 radical (unpaired) electrons. The fraction of sp³-hybridized carbons (Fsp3) is 0.350. The Kier molecular flexibility index (Phi) is 6.58. The molecule has 0 saturated carbocycles. The molecule has 1 saturated heterocycles. The minimum atomic E-state index is -4.02. The summed E-state index contributed by atoms with van der Waals surface area (Å²) in [4.78, 5) is 14.3. The maximum atomic E-state index is 13.0. The summed E-state index contributed by atoms with van der Waals surface area (Å²) in [5.74, 6) is -0.263. The Morgan fingerprint density at radius 1 is 0.968 bits per heavy atom. The van der Waals surface area contributed by atoms with Crippen molar-refractivity contribution in [2.75, 3.05) is 44.3 Å². The average Bonchev–Trinajstić information content (AvgIpc) is 2.73. The van der Waals surface area contributed by atoms with Crippen LogP contribution in [0.15, 0.2) is 47.4 Å². The lowest BCUT2D eigenvalue weighted by Crippen LogP contribution is -2.50. The van der Waals surface area contributed by atoms with Gasteiger partial charge in [-0.3, -0.25) is 9.52 Å². The highest BCUT2D eigenvalue weighted by atomic mass is 32.2. The summed E-state index contributed by atoms with van der Waals surface area (Å²) in [6, 6.07) is 11.1. The van der Waals surface area contributed by atoms with Crippen LogP contribution in [0, 0.1) is 6.92 Å². The van der Waals surface area contributed by atoms with Crippen molar-refractivity contribution in [3.05, 3.63) is 53.6 Å². The van der Waals surface area contributed by atoms with Gasteiger partial charge in [0.15, 0.2) is 0 Å². The Balaban J connectivity index is 1.85. The first kappa shape index (κ1) is 23.0. The van der Waals surface area contributed by atoms with Crippen LogP contribution in [-0.4, -0.2) is 71.5 Å². The Labute approximate surface area is 182 Å². The van der Waals surface area contributed by atoms with Crippen LogP contribution in [0.2, 0.25) is 0 Å². The predicted molar refractivity (Wildman–Crippen MR) is 117 cm³/mol. The van der Waals surface area contributed by atoms with E-state index >= 15 is 0 Å². The topological polar surface area (TPSA) is 113 Å². The van der Waals surface area contributed by atoms with E-state index in [1.807, 2.05) is 6.92 Å². The van der Waals surface area contributed by atoms with Crippen LogP contribution in [0.5, 0.6) is 5.75 Å². The van der Waals surface area contributed by atoms with Crippen molar-refractivity contribution in [3.8, 4) is 5.75 Å². The highest BCUT2D eigenvalue weighted by molar-refractivity contribution is 7.92. The van der Waals surface area contributed by atoms with E-state index in [-0.39, 0.29) is 48.3 Å². The van der Waals surface area contributed by atoms with Crippen molar-refractivity contribution >= 4 is 31.6 Å². The van der Waals surface area contributed by atoms with E-state index in [1.54, 1.807) is 24.3 Å². The summed E-state index contributed by atoms with van der Waals surface area (Å²) in [5.41, 5.74) is 1.56. The Bertz CT molecular complexity index is 1170. The van der Waals surface area contributed by atoms with Crippen LogP contribution in [-0.2, 0) is 20.0 Å². The average molecular weight is 468 g/mol. The summed E-state index contributed by atoms with van der Waals surface area (Å²) in [6.45, 7) is 2.73. The standard InChI is InChI=1S/C20H25N3O6S2/c1-15-4-7-17(8-5-15)21-31(27,28)19-14-16(6-9-18(19)29-2)20(24)22-10-12-23(13-11-22)30(3,25)26/h4-9,14,21H,10-13H2,1-3H3. The number of aryl methyl sites for hydroxylation is 1. The number of hydrogen-bond acceptors (Lipinski definition) is 6. The van der Waals surface area contributed by atoms with Crippen molar-refractivity contribution in [3.63, 3.8) is 0 Å². The molecule has 2 aromatic rings. The fourth-order valence-electron chi connectivity index (χ4n) is 3.26. The first-order valence-electron chi connectivity index (χ1n) is 9.53. The third kappa shape index (κ3) is 5.35. The van der Waals surface area contributed by atoms with E-state index < -0.39 is 20.0 Å². The van der Waals surface area contributed by atoms with Crippen LogP contribution in [0.4, 0.5) is 5.69 Å². The molecule has 11 heteroatoms. The lowest BCUT2D eigenvalue weighted by atomic mass is 10.1. The molecule has 0 aliphatic carbocycles. The molecule has 1 fully saturated rings. The molecule has 0 bridgehead atoms. The number of ether oxygens (including phenoxy) is 1. The summed E-state index contributed by atoms with van der Waals surface area (Å²) in [6.07, 6.45) is 1.13. The normalized spacial score (nSPS) is 15.5. The van der Waals surface area contributed by atoms with Gasteiger partial charge in [-0.15, -0.1) is 0 Å². The predicted octanol–water partition coefficient (Wildman–Crippen LogP) is 1.52. The number of nitrogens with zero attached hydrogens (tertiary/aromatic N) is 2. The van der Waals surface area contributed by atoms with Gasteiger partial charge in [0.1, 0.15) is 10.6 Å². The third-order valence-electron chi connectivity index (χ3n) is 5.00. The number of carbonyl (C=O) groups excluding carboxylic acids is 1. The molecule has 2 aromatic carbocycles. The smallest absolute Gasteiger partial charge is 0.265 e. The SMILES string of the molecule is COc1ccc(C(=O)N2CCN(S(C)(=O)=O)CC2)cc1S(=O)(=O)Nc1ccc(C)cc1. The van der Waals surface area contributed by atoms with Crippen molar-refractivity contribution in [2.24, 2.45) is 0 Å². The number of amides is 1. The first-order chi connectivity index (χ1) is 14.5. The van der Waals surface area contributed by atoms with Gasteiger partial charge >= 0.3 is 0 Å². The molecule has 3 rings (SSSR count). The van der Waals surface area contributed by atoms with E-state index in [4.69, 9.17) is 4.74 Å². The van der Waals surface area contributed by atoms with Crippen LogP contribution in [0.25, 0.3) is 0 Å². The van der Waals surface area contributed by atoms with Crippen LogP contribution in [0.3, 0.4) is 0 Å². The van der Waals surface area contributed by atoms with Crippen molar-refractivity contribution in [2.45, 2.75) is 11.8 Å². The summed E-state index contributed by atoms with van der Waals surface area (Å²) >= 11 is 0. The molecule has 0 unspecified atom stereocenters. The van der Waals surface area contributed by atoms with Crippen LogP contribution < -0.4 is 9.46 Å². The molecule has 31 heavy (non-hydrogen) atoms. The number of methoxy groups -OCH3 is 1. The van der Waals surface area contributed by atoms with Gasteiger partial charge in [-0.25, -0.2) is 16.8 Å². The molecule has 0 spiro atoms. The van der Waals surface area contributed by atoms with E-state index in [9.17, 15) is 21.6 Å². The summed E-state index contributed by atoms with van der Waals surface area (Å²) in [7, 11) is -5.98. The number of carbonyl (C=O) groups is 1. The largest absolute Gasteiger partial charge is 0.495 e. The molecule has 1 amide bonds. The van der Waals surface area contributed by atoms with Gasteiger partial charge in [0.25, 0.3) is 15.9 Å². The van der Waals surface area contributed by atoms with Gasteiger partial charge in [0.05, 0.1) is 13.4 Å². The molecule has 9 nitrogen and oxygen atoms in total. The fourth-order valence-corrected chi connectivity index (χ4v) is 5.34. The van der Waals surface area contributed by atoms with Crippen molar-refractivity contribution in [1.29, 1.82) is 0 Å². The van der Waals surface area contributed by atoms with Crippen molar-refractivity contribution < 1.29 is 26.4 Å². The molecular weight excluding hydrogens is 442 g/mol. The molecule has 1 N–H and O–H groups in total. The zero-order valence-electron chi connectivity index (χ0n) is 17.5. The molecule has 1 aliphatic heterocycles. The number of benzene rings is 2. The maximum absolute atomic E-state index is 13.0. The molecule has 0 aromatic heterocycles. The van der Waals surface area contributed by atoms with E-state index in [2.05, 4.69) is 4.72 Å². The van der Waals surface area contributed by atoms with E-state index in [0.29, 0.717) is 5.69 Å². The summed E-state index contributed by atoms with van der Waals surface area (Å²) < 4.78 is 58.3. The number of nitrogens with one attached hydrogen (secondary N) is 1. The zero-order valence-corrected chi connectivity index (χ0v) is 19.2. The quantitative estimate of drug-likeness (QED) is 0.689. The first-order valence-corrected chi connectivity index (χ1v) is 12.9. The number of anilines is 1. The second-order valence-corrected chi connectivity index (χ2v) is 10.9. The van der Waals surface area contributed by atoms with Crippen molar-refractivity contribution in [1.82, 2.24) is 9.21 Å². The number of hydrogen-bond donors (Lipinski definition) is 1. The van der Waals surface area contributed by atoms with Gasteiger partial charge in [-0.05, 0) is 37.3 Å². The second kappa shape index (κ2) is 8.85. The lowest BCUT2D eigenvalue weighted by molar-refractivity contribution is 0.0698. The van der Waals surface area contributed by atoms with Crippen LogP contribution in [0.1, 0.15) is 15.9 Å². The third-order valence-corrected chi connectivity index (χ3v) is 7.70. The van der Waals surface area contributed by atoms with Gasteiger partial charge in [-0.1, -0.05) is 17.7 Å². The number of sulfonamides is 2. The van der Waals surface area contributed by atoms with Crippen LogP contribution >= 0.6 is 0 Å². The van der Waals surface area contributed by atoms with Gasteiger partial charge < -0.3 is 9.64 Å². The maximum Gasteiger partial charge on any atom is 0.265 e. The molecule has 1 heterocycles. The highest BCUT2D eigenvalue weighted by Gasteiger charge is 2.28. The van der Waals surface area contributed by atoms with E-state index in [0.717, 1.165) is 11.8 Å². The van der Waals surface area contributed by atoms with Gasteiger partial charge in [-0.2, -0.15) is 4.31 Å². The monoisotopic (exact) mass is 467 g/mol. The lowest BCUT2D eigenvalue weighted by Gasteiger charge is -2.33. The minimum Gasteiger partial charge on any atom is -0.495 e. The Hall–Kier alpha value is -2.63. The van der Waals surface area contributed by atoms with Gasteiger partial charge in [0.2, 0.25) is 10.0 Å². The zero-order chi connectivity index (χ0) is 22.8. The van der Waals surface area contributed by atoms with E-state index in [1.165, 1.54) is 34.5 Å². The Morgan fingerprint density at radius 3 is 2.13 bits per heavy atom. The Morgan fingerprint density at radius 2 is 1.58 bits per heavy atom. The second-order valence-electron chi connectivity index (χ2n) is 7.29. The highest BCUT2D eigenvalue weighted by Crippen LogP contribution is 2.28. The van der Waals surface area contributed by atoms with Gasteiger partial charge in [0, 0.05) is 37.4 Å². The molecule has 1 aliphatic rings. The number of piperazine rings is 1. The summed E-state index contributed by atoms with van der Waals surface area (Å²) in [5, 5.41) is 0. The molecule has 168 valence electrons. The molecule has 0 atom stereocenters. The molecular formula is C20H25N3O6S2. The number of rotatable bonds is 6.